The molecule has 0 bridgehead atoms. The predicted octanol–water partition coefficient (Wildman–Crippen LogP) is 2.67. The standard InChI is InChI=1S/C24H29N7O/c25-22-20(23(26)32)21(29-31(22)19-9-24(10-19)6-7-27-14-24)18-11-28-30(13-18)12-15-2-1-3-17(8-15)16-4-5-16/h1-3,8,11,13,16,19,27H,4-7,9-10,12,14,25H2,(H2,26,32)/t19-,24-. The van der Waals surface area contributed by atoms with Gasteiger partial charge in [-0.25, -0.2) is 4.68 Å². The first-order valence-corrected chi connectivity index (χ1v) is 11.5. The van der Waals surface area contributed by atoms with Crippen molar-refractivity contribution in [1.82, 2.24) is 24.9 Å². The second-order valence-electron chi connectivity index (χ2n) is 9.85. The number of primary amides is 1. The van der Waals surface area contributed by atoms with E-state index < -0.39 is 5.91 Å². The Labute approximate surface area is 187 Å². The highest BCUT2D eigenvalue weighted by Gasteiger charge is 2.48. The minimum absolute atomic E-state index is 0.210. The third kappa shape index (κ3) is 3.30. The van der Waals surface area contributed by atoms with Gasteiger partial charge in [0.05, 0.1) is 18.8 Å². The Kier molecular flexibility index (Phi) is 4.40. The van der Waals surface area contributed by atoms with Crippen molar-refractivity contribution in [2.45, 2.75) is 50.6 Å². The lowest BCUT2D eigenvalue weighted by Crippen LogP contribution is -2.40. The van der Waals surface area contributed by atoms with Gasteiger partial charge in [-0.15, -0.1) is 0 Å². The number of benzene rings is 1. The van der Waals surface area contributed by atoms with E-state index in [1.807, 2.05) is 15.6 Å². The average molecular weight is 432 g/mol. The molecule has 0 atom stereocenters. The maximum Gasteiger partial charge on any atom is 0.254 e. The zero-order valence-corrected chi connectivity index (χ0v) is 18.1. The summed E-state index contributed by atoms with van der Waals surface area (Å²) in [6.45, 7) is 2.79. The molecule has 32 heavy (non-hydrogen) atoms. The summed E-state index contributed by atoms with van der Waals surface area (Å²) >= 11 is 0. The normalized spacial score (nSPS) is 24.7. The number of hydrogen-bond acceptors (Lipinski definition) is 5. The lowest BCUT2D eigenvalue weighted by Gasteiger charge is -2.45. The Bertz CT molecular complexity index is 1170. The molecule has 6 rings (SSSR count). The molecule has 5 N–H and O–H groups in total. The van der Waals surface area contributed by atoms with Gasteiger partial charge in [0.2, 0.25) is 0 Å². The van der Waals surface area contributed by atoms with E-state index in [0.29, 0.717) is 29.0 Å². The van der Waals surface area contributed by atoms with Crippen molar-refractivity contribution in [1.29, 1.82) is 0 Å². The Morgan fingerprint density at radius 2 is 2.12 bits per heavy atom. The first-order chi connectivity index (χ1) is 15.5. The minimum Gasteiger partial charge on any atom is -0.383 e. The van der Waals surface area contributed by atoms with Gasteiger partial charge in [-0.1, -0.05) is 24.3 Å². The van der Waals surface area contributed by atoms with Gasteiger partial charge in [0, 0.05) is 18.3 Å². The third-order valence-corrected chi connectivity index (χ3v) is 7.46. The number of amides is 1. The Morgan fingerprint density at radius 3 is 2.84 bits per heavy atom. The van der Waals surface area contributed by atoms with Crippen molar-refractivity contribution in [3.05, 3.63) is 53.3 Å². The molecular weight excluding hydrogens is 402 g/mol. The quantitative estimate of drug-likeness (QED) is 0.555. The molecule has 1 spiro atoms. The number of aromatic nitrogens is 4. The van der Waals surface area contributed by atoms with Gasteiger partial charge in [-0.2, -0.15) is 10.2 Å². The molecule has 0 unspecified atom stereocenters. The summed E-state index contributed by atoms with van der Waals surface area (Å²) in [6, 6.07) is 8.93. The smallest absolute Gasteiger partial charge is 0.254 e. The van der Waals surface area contributed by atoms with Crippen LogP contribution in [0.3, 0.4) is 0 Å². The van der Waals surface area contributed by atoms with E-state index in [4.69, 9.17) is 16.6 Å². The number of anilines is 1. The molecule has 1 amide bonds. The van der Waals surface area contributed by atoms with E-state index >= 15 is 0 Å². The van der Waals surface area contributed by atoms with Crippen LogP contribution < -0.4 is 16.8 Å². The minimum atomic E-state index is -0.551. The predicted molar refractivity (Wildman–Crippen MR) is 122 cm³/mol. The van der Waals surface area contributed by atoms with Crippen LogP contribution >= 0.6 is 0 Å². The first-order valence-electron chi connectivity index (χ1n) is 11.5. The van der Waals surface area contributed by atoms with Gasteiger partial charge in [-0.3, -0.25) is 9.48 Å². The number of carbonyl (C=O) groups is 1. The van der Waals surface area contributed by atoms with Crippen molar-refractivity contribution in [2.75, 3.05) is 18.8 Å². The van der Waals surface area contributed by atoms with Crippen LogP contribution in [0.2, 0.25) is 0 Å². The van der Waals surface area contributed by atoms with E-state index in [0.717, 1.165) is 37.4 Å². The molecule has 3 aromatic rings. The lowest BCUT2D eigenvalue weighted by atomic mass is 9.65. The Hall–Kier alpha value is -3.13. The van der Waals surface area contributed by atoms with Crippen LogP contribution in [0.25, 0.3) is 11.3 Å². The highest BCUT2D eigenvalue weighted by atomic mass is 16.1. The number of nitrogens with one attached hydrogen (secondary N) is 1. The monoisotopic (exact) mass is 431 g/mol. The topological polar surface area (TPSA) is 117 Å². The lowest BCUT2D eigenvalue weighted by molar-refractivity contribution is 0.0774. The summed E-state index contributed by atoms with van der Waals surface area (Å²) < 4.78 is 3.69. The molecule has 8 heteroatoms. The molecule has 2 aliphatic carbocycles. The molecule has 2 aromatic heterocycles. The number of nitrogen functional groups attached to an aromatic ring is 1. The van der Waals surface area contributed by atoms with Crippen LogP contribution in [-0.4, -0.2) is 38.6 Å². The van der Waals surface area contributed by atoms with E-state index in [1.54, 1.807) is 6.20 Å². The maximum absolute atomic E-state index is 12.3. The first kappa shape index (κ1) is 19.5. The Morgan fingerprint density at radius 1 is 1.28 bits per heavy atom. The SMILES string of the molecule is NC(=O)c1c(-c2cnn(Cc3cccc(C4CC4)c3)c2)nn([C@H]2C[C@@]3(CCNC3)C2)c1N. The second kappa shape index (κ2) is 7.20. The molecule has 1 saturated heterocycles. The van der Waals surface area contributed by atoms with Gasteiger partial charge < -0.3 is 16.8 Å². The Balaban J connectivity index is 1.26. The van der Waals surface area contributed by atoms with Gasteiger partial charge in [0.25, 0.3) is 5.91 Å². The number of nitrogens with two attached hydrogens (primary N) is 2. The molecule has 1 aromatic carbocycles. The molecule has 8 nitrogen and oxygen atoms in total. The number of nitrogens with zero attached hydrogens (tertiary/aromatic N) is 4. The fourth-order valence-electron chi connectivity index (χ4n) is 5.55. The van der Waals surface area contributed by atoms with Gasteiger partial charge in [-0.05, 0) is 61.1 Å². The summed E-state index contributed by atoms with van der Waals surface area (Å²) in [4.78, 5) is 12.3. The third-order valence-electron chi connectivity index (χ3n) is 7.46. The van der Waals surface area contributed by atoms with Gasteiger partial charge in [0.15, 0.2) is 0 Å². The number of hydrogen-bond donors (Lipinski definition) is 3. The second-order valence-corrected chi connectivity index (χ2v) is 9.85. The molecular formula is C24H29N7O. The molecule has 3 fully saturated rings. The van der Waals surface area contributed by atoms with Crippen LogP contribution in [-0.2, 0) is 6.54 Å². The highest BCUT2D eigenvalue weighted by molar-refractivity contribution is 6.03. The fraction of sp³-hybridized carbons (Fsp3) is 0.458. The maximum atomic E-state index is 12.3. The summed E-state index contributed by atoms with van der Waals surface area (Å²) in [6.07, 6.45) is 9.48. The average Bonchev–Trinajstić information content (AvgIpc) is 3.14. The van der Waals surface area contributed by atoms with Crippen LogP contribution in [0.4, 0.5) is 5.82 Å². The van der Waals surface area contributed by atoms with Crippen molar-refractivity contribution in [3.8, 4) is 11.3 Å². The summed E-state index contributed by atoms with van der Waals surface area (Å²) in [5, 5.41) is 12.7. The highest BCUT2D eigenvalue weighted by Crippen LogP contribution is 2.53. The van der Waals surface area contributed by atoms with E-state index in [-0.39, 0.29) is 6.04 Å². The molecule has 3 aliphatic rings. The van der Waals surface area contributed by atoms with Crippen LogP contribution in [0.15, 0.2) is 36.7 Å². The van der Waals surface area contributed by atoms with Crippen molar-refractivity contribution in [2.24, 2.45) is 11.1 Å². The molecule has 2 saturated carbocycles. The van der Waals surface area contributed by atoms with Crippen molar-refractivity contribution >= 4 is 11.7 Å². The van der Waals surface area contributed by atoms with Crippen molar-refractivity contribution in [3.63, 3.8) is 0 Å². The van der Waals surface area contributed by atoms with Crippen LogP contribution in [0.1, 0.15) is 65.5 Å². The molecule has 0 radical (unpaired) electrons. The molecule has 166 valence electrons. The summed E-state index contributed by atoms with van der Waals surface area (Å²) in [5.41, 5.74) is 16.7. The fourth-order valence-corrected chi connectivity index (χ4v) is 5.55. The van der Waals surface area contributed by atoms with Crippen LogP contribution in [0, 0.1) is 5.41 Å². The largest absolute Gasteiger partial charge is 0.383 e. The number of rotatable bonds is 6. The van der Waals surface area contributed by atoms with Gasteiger partial charge in [0.1, 0.15) is 17.1 Å². The van der Waals surface area contributed by atoms with Gasteiger partial charge >= 0.3 is 0 Å². The molecule has 3 heterocycles. The summed E-state index contributed by atoms with van der Waals surface area (Å²) in [7, 11) is 0. The number of carbonyl (C=O) groups excluding carboxylic acids is 1. The zero-order chi connectivity index (χ0) is 21.9. The summed E-state index contributed by atoms with van der Waals surface area (Å²) in [5.74, 6) is 0.534. The van der Waals surface area contributed by atoms with E-state index in [2.05, 4.69) is 34.7 Å². The van der Waals surface area contributed by atoms with E-state index in [9.17, 15) is 4.79 Å². The molecule has 1 aliphatic heterocycles. The zero-order valence-electron chi connectivity index (χ0n) is 18.1. The van der Waals surface area contributed by atoms with E-state index in [1.165, 1.54) is 30.4 Å². The van der Waals surface area contributed by atoms with Crippen LogP contribution in [0.5, 0.6) is 0 Å². The van der Waals surface area contributed by atoms with Crippen molar-refractivity contribution < 1.29 is 4.79 Å².